The van der Waals surface area contributed by atoms with Crippen molar-refractivity contribution in [3.8, 4) is 0 Å². The summed E-state index contributed by atoms with van der Waals surface area (Å²) in [6.07, 6.45) is 6.06. The van der Waals surface area contributed by atoms with Crippen LogP contribution in [0.25, 0.3) is 11.0 Å². The van der Waals surface area contributed by atoms with Crippen LogP contribution in [0, 0.1) is 0 Å². The summed E-state index contributed by atoms with van der Waals surface area (Å²) in [7, 11) is 0. The summed E-state index contributed by atoms with van der Waals surface area (Å²) in [4.78, 5) is 4.78. The van der Waals surface area contributed by atoms with Crippen molar-refractivity contribution in [1.29, 1.82) is 0 Å². The summed E-state index contributed by atoms with van der Waals surface area (Å²) in [6, 6.07) is 12.2. The van der Waals surface area contributed by atoms with Crippen LogP contribution in [0.5, 0.6) is 0 Å². The van der Waals surface area contributed by atoms with Crippen molar-refractivity contribution in [3.05, 3.63) is 54.2 Å². The first-order valence-corrected chi connectivity index (χ1v) is 7.55. The van der Waals surface area contributed by atoms with Gasteiger partial charge in [0.2, 0.25) is 0 Å². The minimum Gasteiger partial charge on any atom is -0.467 e. The van der Waals surface area contributed by atoms with Gasteiger partial charge in [-0.15, -0.1) is 0 Å². The van der Waals surface area contributed by atoms with E-state index in [0.717, 1.165) is 55.9 Å². The number of aryl methyl sites for hydroxylation is 1. The average molecular weight is 283 g/mol. The summed E-state index contributed by atoms with van der Waals surface area (Å²) < 4.78 is 7.75. The summed E-state index contributed by atoms with van der Waals surface area (Å²) in [5.41, 5.74) is 7.78. The number of furan rings is 1. The van der Waals surface area contributed by atoms with E-state index >= 15 is 0 Å². The Hall–Kier alpha value is -2.07. The quantitative estimate of drug-likeness (QED) is 0.676. The standard InChI is InChI=1S/C17H21N3O/c18-11-5-1-2-10-17-19-15-8-3-4-9-16(15)20(17)13-14-7-6-12-21-14/h3-4,6-9,12H,1-2,5,10-11,13,18H2. The normalized spacial score (nSPS) is 11.3. The fraction of sp³-hybridized carbons (Fsp3) is 0.353. The third kappa shape index (κ3) is 3.16. The maximum atomic E-state index is 5.56. The lowest BCUT2D eigenvalue weighted by Gasteiger charge is -2.07. The Labute approximate surface area is 124 Å². The molecule has 3 rings (SSSR count). The van der Waals surface area contributed by atoms with Gasteiger partial charge in [0, 0.05) is 6.42 Å². The van der Waals surface area contributed by atoms with Crippen molar-refractivity contribution < 1.29 is 4.42 Å². The van der Waals surface area contributed by atoms with Gasteiger partial charge in [0.05, 0.1) is 23.8 Å². The van der Waals surface area contributed by atoms with Crippen LogP contribution in [0.3, 0.4) is 0 Å². The van der Waals surface area contributed by atoms with Crippen LogP contribution in [0.1, 0.15) is 30.8 Å². The molecule has 110 valence electrons. The first-order valence-electron chi connectivity index (χ1n) is 7.55. The predicted octanol–water partition coefficient (Wildman–Crippen LogP) is 3.35. The van der Waals surface area contributed by atoms with Gasteiger partial charge in [0.15, 0.2) is 0 Å². The molecular formula is C17H21N3O. The summed E-state index contributed by atoms with van der Waals surface area (Å²) in [6.45, 7) is 1.50. The van der Waals surface area contributed by atoms with Crippen LogP contribution in [0.2, 0.25) is 0 Å². The topological polar surface area (TPSA) is 57.0 Å². The molecular weight excluding hydrogens is 262 g/mol. The Morgan fingerprint density at radius 3 is 2.76 bits per heavy atom. The van der Waals surface area contributed by atoms with E-state index in [1.54, 1.807) is 6.26 Å². The number of rotatable bonds is 7. The molecule has 4 heteroatoms. The number of unbranched alkanes of at least 4 members (excludes halogenated alkanes) is 2. The van der Waals surface area contributed by atoms with Gasteiger partial charge in [-0.1, -0.05) is 18.6 Å². The molecule has 4 nitrogen and oxygen atoms in total. The van der Waals surface area contributed by atoms with Crippen molar-refractivity contribution in [2.45, 2.75) is 32.2 Å². The van der Waals surface area contributed by atoms with E-state index in [9.17, 15) is 0 Å². The van der Waals surface area contributed by atoms with Gasteiger partial charge in [-0.25, -0.2) is 4.98 Å². The molecule has 0 spiro atoms. The number of para-hydroxylation sites is 2. The molecule has 2 aromatic heterocycles. The Bertz CT molecular complexity index is 685. The molecule has 0 bridgehead atoms. The molecule has 0 saturated carbocycles. The third-order valence-corrected chi connectivity index (χ3v) is 3.73. The van der Waals surface area contributed by atoms with Crippen molar-refractivity contribution in [2.24, 2.45) is 5.73 Å². The van der Waals surface area contributed by atoms with E-state index in [0.29, 0.717) is 0 Å². The number of imidazole rings is 1. The first-order chi connectivity index (χ1) is 10.4. The molecule has 0 radical (unpaired) electrons. The number of nitrogens with two attached hydrogens (primary N) is 1. The van der Waals surface area contributed by atoms with E-state index in [1.165, 1.54) is 5.52 Å². The molecule has 0 amide bonds. The van der Waals surface area contributed by atoms with E-state index in [2.05, 4.69) is 22.8 Å². The van der Waals surface area contributed by atoms with Crippen LogP contribution >= 0.6 is 0 Å². The highest BCUT2D eigenvalue weighted by Crippen LogP contribution is 2.19. The molecule has 0 atom stereocenters. The van der Waals surface area contributed by atoms with Gasteiger partial charge >= 0.3 is 0 Å². The van der Waals surface area contributed by atoms with Crippen LogP contribution < -0.4 is 5.73 Å². The highest BCUT2D eigenvalue weighted by Gasteiger charge is 2.11. The van der Waals surface area contributed by atoms with Gasteiger partial charge in [0.25, 0.3) is 0 Å². The average Bonchev–Trinajstić information content (AvgIpc) is 3.13. The van der Waals surface area contributed by atoms with E-state index in [1.807, 2.05) is 18.2 Å². The molecule has 0 aliphatic rings. The summed E-state index contributed by atoms with van der Waals surface area (Å²) in [5.74, 6) is 2.09. The lowest BCUT2D eigenvalue weighted by atomic mass is 10.2. The number of hydrogen-bond donors (Lipinski definition) is 1. The molecule has 2 N–H and O–H groups in total. The van der Waals surface area contributed by atoms with Crippen LogP contribution in [-0.4, -0.2) is 16.1 Å². The molecule has 0 fully saturated rings. The third-order valence-electron chi connectivity index (χ3n) is 3.73. The molecule has 0 aliphatic heterocycles. The lowest BCUT2D eigenvalue weighted by molar-refractivity contribution is 0.490. The molecule has 1 aromatic carbocycles. The van der Waals surface area contributed by atoms with Crippen LogP contribution in [0.4, 0.5) is 0 Å². The number of aromatic nitrogens is 2. The Morgan fingerprint density at radius 1 is 1.05 bits per heavy atom. The van der Waals surface area contributed by atoms with Crippen LogP contribution in [0.15, 0.2) is 47.1 Å². The fourth-order valence-corrected chi connectivity index (χ4v) is 2.66. The minimum absolute atomic E-state index is 0.736. The van der Waals surface area contributed by atoms with E-state index < -0.39 is 0 Å². The highest BCUT2D eigenvalue weighted by molar-refractivity contribution is 5.76. The number of hydrogen-bond acceptors (Lipinski definition) is 3. The van der Waals surface area contributed by atoms with Gasteiger partial charge in [0.1, 0.15) is 11.6 Å². The lowest BCUT2D eigenvalue weighted by Crippen LogP contribution is -2.05. The predicted molar refractivity (Wildman–Crippen MR) is 84.2 cm³/mol. The SMILES string of the molecule is NCCCCCc1nc2ccccc2n1Cc1ccco1. The minimum atomic E-state index is 0.736. The maximum absolute atomic E-state index is 5.56. The Kier molecular flexibility index (Phi) is 4.36. The molecule has 21 heavy (non-hydrogen) atoms. The van der Waals surface area contributed by atoms with Gasteiger partial charge in [-0.05, 0) is 43.7 Å². The summed E-state index contributed by atoms with van der Waals surface area (Å²) in [5, 5.41) is 0. The smallest absolute Gasteiger partial charge is 0.123 e. The second-order valence-electron chi connectivity index (χ2n) is 5.28. The first kappa shape index (κ1) is 13.9. The monoisotopic (exact) mass is 283 g/mol. The van der Waals surface area contributed by atoms with Crippen molar-refractivity contribution in [2.75, 3.05) is 6.54 Å². The van der Waals surface area contributed by atoms with Gasteiger partial charge in [-0.2, -0.15) is 0 Å². The Morgan fingerprint density at radius 2 is 1.95 bits per heavy atom. The summed E-state index contributed by atoms with van der Waals surface area (Å²) >= 11 is 0. The van der Waals surface area contributed by atoms with E-state index in [4.69, 9.17) is 15.1 Å². The largest absolute Gasteiger partial charge is 0.467 e. The number of benzene rings is 1. The molecule has 0 unspecified atom stereocenters. The highest BCUT2D eigenvalue weighted by atomic mass is 16.3. The molecule has 0 saturated heterocycles. The fourth-order valence-electron chi connectivity index (χ4n) is 2.66. The van der Waals surface area contributed by atoms with Crippen molar-refractivity contribution in [1.82, 2.24) is 9.55 Å². The molecule has 3 aromatic rings. The maximum Gasteiger partial charge on any atom is 0.123 e. The van der Waals surface area contributed by atoms with Crippen molar-refractivity contribution in [3.63, 3.8) is 0 Å². The Balaban J connectivity index is 1.86. The van der Waals surface area contributed by atoms with Crippen molar-refractivity contribution >= 4 is 11.0 Å². The van der Waals surface area contributed by atoms with Gasteiger partial charge in [-0.3, -0.25) is 0 Å². The molecule has 2 heterocycles. The molecule has 0 aliphatic carbocycles. The number of fused-ring (bicyclic) bond motifs is 1. The van der Waals surface area contributed by atoms with Crippen LogP contribution in [-0.2, 0) is 13.0 Å². The van der Waals surface area contributed by atoms with Gasteiger partial charge < -0.3 is 14.7 Å². The van der Waals surface area contributed by atoms with E-state index in [-0.39, 0.29) is 0 Å². The zero-order valence-corrected chi connectivity index (χ0v) is 12.2. The zero-order valence-electron chi connectivity index (χ0n) is 12.2. The number of nitrogens with zero attached hydrogens (tertiary/aromatic N) is 2. The zero-order chi connectivity index (χ0) is 14.5. The second-order valence-corrected chi connectivity index (χ2v) is 5.28. The second kappa shape index (κ2) is 6.59.